The Balaban J connectivity index is 1.44. The van der Waals surface area contributed by atoms with Crippen molar-refractivity contribution in [1.82, 2.24) is 20.5 Å². The summed E-state index contributed by atoms with van der Waals surface area (Å²) in [5, 5.41) is 16.9. The quantitative estimate of drug-likeness (QED) is 0.566. The normalized spacial score (nSPS) is 10.2. The van der Waals surface area contributed by atoms with Gasteiger partial charge in [0.1, 0.15) is 11.6 Å². The summed E-state index contributed by atoms with van der Waals surface area (Å²) in [5.74, 6) is 0.172. The lowest BCUT2D eigenvalue weighted by Gasteiger charge is -2.08. The van der Waals surface area contributed by atoms with Crippen molar-refractivity contribution in [3.63, 3.8) is 0 Å². The first-order valence-electron chi connectivity index (χ1n) is 8.00. The molecule has 1 amide bonds. The number of carbonyl (C=O) groups excluding carboxylic acids is 1. The predicted octanol–water partition coefficient (Wildman–Crippen LogP) is 2.60. The summed E-state index contributed by atoms with van der Waals surface area (Å²) >= 11 is 0. The van der Waals surface area contributed by atoms with Crippen molar-refractivity contribution in [2.24, 2.45) is 0 Å². The second-order valence-electron chi connectivity index (χ2n) is 5.33. The van der Waals surface area contributed by atoms with Gasteiger partial charge in [-0.05, 0) is 36.4 Å². The number of benzene rings is 1. The van der Waals surface area contributed by atoms with Crippen LogP contribution in [0.2, 0.25) is 0 Å². The molecule has 0 saturated heterocycles. The second kappa shape index (κ2) is 8.52. The third-order valence-corrected chi connectivity index (χ3v) is 3.43. The molecule has 0 saturated carbocycles. The van der Waals surface area contributed by atoms with E-state index in [0.29, 0.717) is 24.7 Å². The van der Waals surface area contributed by atoms with Gasteiger partial charge in [-0.3, -0.25) is 9.78 Å². The number of amides is 1. The van der Waals surface area contributed by atoms with Crippen LogP contribution in [0.15, 0.2) is 60.9 Å². The first kappa shape index (κ1) is 17.3. The Kier molecular flexibility index (Phi) is 5.66. The standard InChI is InChI=1S/C18H17FN6O/c19-15-6-2-1-5-14(15)18(26)22-11-10-21-16-7-8-17(25-24-16)23-13-4-3-9-20-12-13/h1-9,12H,10-11H2,(H,21,24)(H,22,26)(H,23,25). The monoisotopic (exact) mass is 352 g/mol. The zero-order chi connectivity index (χ0) is 18.2. The molecule has 7 nitrogen and oxygen atoms in total. The maximum Gasteiger partial charge on any atom is 0.254 e. The predicted molar refractivity (Wildman–Crippen MR) is 96.8 cm³/mol. The van der Waals surface area contributed by atoms with Gasteiger partial charge in [0.2, 0.25) is 0 Å². The van der Waals surface area contributed by atoms with E-state index < -0.39 is 11.7 Å². The molecule has 0 fully saturated rings. The van der Waals surface area contributed by atoms with E-state index in [2.05, 4.69) is 31.1 Å². The topological polar surface area (TPSA) is 91.8 Å². The molecule has 0 aliphatic carbocycles. The Bertz CT molecular complexity index is 857. The van der Waals surface area contributed by atoms with Crippen LogP contribution in [0.4, 0.5) is 21.7 Å². The minimum Gasteiger partial charge on any atom is -0.367 e. The molecule has 1 aromatic carbocycles. The first-order valence-corrected chi connectivity index (χ1v) is 8.00. The molecular weight excluding hydrogens is 335 g/mol. The van der Waals surface area contributed by atoms with Gasteiger partial charge in [0.15, 0.2) is 5.82 Å². The summed E-state index contributed by atoms with van der Waals surface area (Å²) in [7, 11) is 0. The molecule has 0 atom stereocenters. The third-order valence-electron chi connectivity index (χ3n) is 3.43. The fourth-order valence-corrected chi connectivity index (χ4v) is 2.18. The number of nitrogens with one attached hydrogen (secondary N) is 3. The highest BCUT2D eigenvalue weighted by Gasteiger charge is 2.09. The molecular formula is C18H17FN6O. The lowest BCUT2D eigenvalue weighted by atomic mass is 10.2. The molecule has 0 spiro atoms. The summed E-state index contributed by atoms with van der Waals surface area (Å²) in [6, 6.07) is 13.1. The highest BCUT2D eigenvalue weighted by molar-refractivity contribution is 5.94. The Hall–Kier alpha value is -3.55. The number of nitrogens with zero attached hydrogens (tertiary/aromatic N) is 3. The van der Waals surface area contributed by atoms with Gasteiger partial charge >= 0.3 is 0 Å². The fraction of sp³-hybridized carbons (Fsp3) is 0.111. The van der Waals surface area contributed by atoms with Crippen molar-refractivity contribution in [3.05, 3.63) is 72.3 Å². The number of carbonyl (C=O) groups is 1. The van der Waals surface area contributed by atoms with Gasteiger partial charge in [-0.1, -0.05) is 12.1 Å². The van der Waals surface area contributed by atoms with Crippen molar-refractivity contribution in [2.45, 2.75) is 0 Å². The number of hydrogen-bond acceptors (Lipinski definition) is 6. The molecule has 2 heterocycles. The van der Waals surface area contributed by atoms with Crippen molar-refractivity contribution in [2.75, 3.05) is 23.7 Å². The largest absolute Gasteiger partial charge is 0.367 e. The Morgan fingerprint density at radius 1 is 0.962 bits per heavy atom. The molecule has 0 aliphatic heterocycles. The molecule has 3 rings (SSSR count). The van der Waals surface area contributed by atoms with Crippen molar-refractivity contribution in [1.29, 1.82) is 0 Å². The first-order chi connectivity index (χ1) is 12.7. The van der Waals surface area contributed by atoms with E-state index in [4.69, 9.17) is 0 Å². The fourth-order valence-electron chi connectivity index (χ4n) is 2.18. The number of aromatic nitrogens is 3. The number of pyridine rings is 1. The van der Waals surface area contributed by atoms with E-state index in [9.17, 15) is 9.18 Å². The molecule has 3 aromatic rings. The highest BCUT2D eigenvalue weighted by atomic mass is 19.1. The molecule has 0 unspecified atom stereocenters. The van der Waals surface area contributed by atoms with Gasteiger partial charge in [0, 0.05) is 19.3 Å². The van der Waals surface area contributed by atoms with E-state index in [-0.39, 0.29) is 5.56 Å². The lowest BCUT2D eigenvalue weighted by Crippen LogP contribution is -2.29. The van der Waals surface area contributed by atoms with Gasteiger partial charge < -0.3 is 16.0 Å². The van der Waals surface area contributed by atoms with E-state index >= 15 is 0 Å². The van der Waals surface area contributed by atoms with Crippen molar-refractivity contribution in [3.8, 4) is 0 Å². The van der Waals surface area contributed by atoms with Crippen molar-refractivity contribution >= 4 is 23.2 Å². The number of rotatable bonds is 7. The van der Waals surface area contributed by atoms with Gasteiger partial charge in [-0.15, -0.1) is 10.2 Å². The van der Waals surface area contributed by atoms with Crippen LogP contribution in [-0.4, -0.2) is 34.2 Å². The third kappa shape index (κ3) is 4.73. The van der Waals surface area contributed by atoms with E-state index in [1.807, 2.05) is 12.1 Å². The average molecular weight is 352 g/mol. The van der Waals surface area contributed by atoms with Crippen LogP contribution in [0.3, 0.4) is 0 Å². The minimum absolute atomic E-state index is 0.0260. The Morgan fingerprint density at radius 2 is 1.77 bits per heavy atom. The van der Waals surface area contributed by atoms with Crippen LogP contribution in [0.1, 0.15) is 10.4 Å². The molecule has 26 heavy (non-hydrogen) atoms. The summed E-state index contributed by atoms with van der Waals surface area (Å²) in [6.07, 6.45) is 3.38. The van der Waals surface area contributed by atoms with Gasteiger partial charge in [0.25, 0.3) is 5.91 Å². The number of anilines is 3. The molecule has 3 N–H and O–H groups in total. The summed E-state index contributed by atoms with van der Waals surface area (Å²) in [4.78, 5) is 15.9. The summed E-state index contributed by atoms with van der Waals surface area (Å²) in [5.41, 5.74) is 0.844. The van der Waals surface area contributed by atoms with Gasteiger partial charge in [-0.2, -0.15) is 0 Å². The second-order valence-corrected chi connectivity index (χ2v) is 5.33. The highest BCUT2D eigenvalue weighted by Crippen LogP contribution is 2.12. The zero-order valence-corrected chi connectivity index (χ0v) is 13.8. The van der Waals surface area contributed by atoms with Crippen molar-refractivity contribution < 1.29 is 9.18 Å². The molecule has 8 heteroatoms. The maximum atomic E-state index is 13.5. The summed E-state index contributed by atoms with van der Waals surface area (Å²) in [6.45, 7) is 0.759. The van der Waals surface area contributed by atoms with Crippen LogP contribution in [-0.2, 0) is 0 Å². The maximum absolute atomic E-state index is 13.5. The number of hydrogen-bond donors (Lipinski definition) is 3. The van der Waals surface area contributed by atoms with Crippen LogP contribution in [0, 0.1) is 5.82 Å². The molecule has 0 bridgehead atoms. The Morgan fingerprint density at radius 3 is 2.50 bits per heavy atom. The van der Waals surface area contributed by atoms with Crippen LogP contribution in [0.5, 0.6) is 0 Å². The van der Waals surface area contributed by atoms with E-state index in [1.165, 1.54) is 12.1 Å². The Labute approximate surface area is 149 Å². The van der Waals surface area contributed by atoms with Crippen LogP contribution >= 0.6 is 0 Å². The molecule has 0 radical (unpaired) electrons. The molecule has 0 aliphatic rings. The van der Waals surface area contributed by atoms with E-state index in [0.717, 1.165) is 5.69 Å². The smallest absolute Gasteiger partial charge is 0.254 e. The van der Waals surface area contributed by atoms with E-state index in [1.54, 1.807) is 36.7 Å². The van der Waals surface area contributed by atoms with Gasteiger partial charge in [-0.25, -0.2) is 4.39 Å². The summed E-state index contributed by atoms with van der Waals surface area (Å²) < 4.78 is 13.5. The zero-order valence-electron chi connectivity index (χ0n) is 13.8. The SMILES string of the molecule is O=C(NCCNc1ccc(Nc2cccnc2)nn1)c1ccccc1F. The molecule has 2 aromatic heterocycles. The minimum atomic E-state index is -0.541. The number of halogens is 1. The molecule has 132 valence electrons. The lowest BCUT2D eigenvalue weighted by molar-refractivity contribution is 0.0951. The van der Waals surface area contributed by atoms with Crippen LogP contribution < -0.4 is 16.0 Å². The van der Waals surface area contributed by atoms with Gasteiger partial charge in [0.05, 0.1) is 17.4 Å². The average Bonchev–Trinajstić information content (AvgIpc) is 2.67. The van der Waals surface area contributed by atoms with Crippen LogP contribution in [0.25, 0.3) is 0 Å².